The second-order valence-corrected chi connectivity index (χ2v) is 4.52. The summed E-state index contributed by atoms with van der Waals surface area (Å²) in [7, 11) is 0. The second-order valence-electron chi connectivity index (χ2n) is 4.52. The van der Waals surface area contributed by atoms with Crippen LogP contribution in [0.15, 0.2) is 0 Å². The van der Waals surface area contributed by atoms with Crippen molar-refractivity contribution in [2.45, 2.75) is 25.8 Å². The van der Waals surface area contributed by atoms with E-state index in [1.165, 1.54) is 24.3 Å². The predicted molar refractivity (Wildman–Crippen MR) is 53.4 cm³/mol. The Morgan fingerprint density at radius 2 is 2.14 bits per heavy atom. The number of hydrogen-bond donors (Lipinski definition) is 1. The summed E-state index contributed by atoms with van der Waals surface area (Å²) in [6, 6.07) is 0.389. The summed E-state index contributed by atoms with van der Waals surface area (Å²) in [5, 5.41) is 8.84. The van der Waals surface area contributed by atoms with Crippen LogP contribution in [0.5, 0.6) is 0 Å². The van der Waals surface area contributed by atoms with Gasteiger partial charge in [0.1, 0.15) is 0 Å². The van der Waals surface area contributed by atoms with E-state index in [2.05, 4.69) is 11.8 Å². The van der Waals surface area contributed by atoms with Crippen LogP contribution in [0.3, 0.4) is 0 Å². The van der Waals surface area contributed by atoms with Crippen LogP contribution in [0.1, 0.15) is 19.8 Å². The average molecular weight is 198 g/mol. The van der Waals surface area contributed by atoms with E-state index < -0.39 is 6.09 Å². The molecule has 1 aliphatic carbocycles. The molecule has 4 nitrogen and oxygen atoms in total. The summed E-state index contributed by atoms with van der Waals surface area (Å²) < 4.78 is 0. The van der Waals surface area contributed by atoms with Crippen LogP contribution >= 0.6 is 0 Å². The molecule has 1 atom stereocenters. The van der Waals surface area contributed by atoms with Gasteiger partial charge in [-0.1, -0.05) is 0 Å². The van der Waals surface area contributed by atoms with E-state index in [0.717, 1.165) is 12.5 Å². The molecule has 4 heteroatoms. The minimum atomic E-state index is -0.775. The molecule has 1 unspecified atom stereocenters. The molecule has 80 valence electrons. The standard InChI is InChI=1S/C10H18N2O2/c1-8-6-12(10(13)14)5-4-11(8)7-9-2-3-9/h8-9H,2-7H2,1H3,(H,13,14). The van der Waals surface area contributed by atoms with Gasteiger partial charge in [0.2, 0.25) is 0 Å². The Balaban J connectivity index is 1.82. The van der Waals surface area contributed by atoms with E-state index in [-0.39, 0.29) is 0 Å². The zero-order chi connectivity index (χ0) is 10.1. The second kappa shape index (κ2) is 3.77. The van der Waals surface area contributed by atoms with Gasteiger partial charge < -0.3 is 10.0 Å². The van der Waals surface area contributed by atoms with Gasteiger partial charge >= 0.3 is 6.09 Å². The Morgan fingerprint density at radius 1 is 1.43 bits per heavy atom. The number of nitrogens with zero attached hydrogens (tertiary/aromatic N) is 2. The highest BCUT2D eigenvalue weighted by atomic mass is 16.4. The number of hydrogen-bond acceptors (Lipinski definition) is 2. The predicted octanol–water partition coefficient (Wildman–Crippen LogP) is 1.08. The van der Waals surface area contributed by atoms with Crippen molar-refractivity contribution in [2.24, 2.45) is 5.92 Å². The Morgan fingerprint density at radius 3 is 2.64 bits per heavy atom. The lowest BCUT2D eigenvalue weighted by Crippen LogP contribution is -2.53. The molecule has 1 N–H and O–H groups in total. The van der Waals surface area contributed by atoms with E-state index in [4.69, 9.17) is 5.11 Å². The first-order valence-electron chi connectivity index (χ1n) is 5.38. The molecule has 0 radical (unpaired) electrons. The number of rotatable bonds is 2. The van der Waals surface area contributed by atoms with Crippen molar-refractivity contribution in [1.29, 1.82) is 0 Å². The molecule has 1 amide bonds. The molecule has 0 aromatic rings. The molecule has 2 fully saturated rings. The molecule has 0 bridgehead atoms. The highest BCUT2D eigenvalue weighted by molar-refractivity contribution is 5.65. The fraction of sp³-hybridized carbons (Fsp3) is 0.900. The third-order valence-electron chi connectivity index (χ3n) is 3.23. The first-order valence-corrected chi connectivity index (χ1v) is 5.38. The van der Waals surface area contributed by atoms with Crippen LogP contribution in [0.25, 0.3) is 0 Å². The zero-order valence-electron chi connectivity index (χ0n) is 8.65. The zero-order valence-corrected chi connectivity index (χ0v) is 8.65. The van der Waals surface area contributed by atoms with Crippen molar-refractivity contribution in [3.8, 4) is 0 Å². The molecule has 2 aliphatic rings. The average Bonchev–Trinajstić information content (AvgIpc) is 2.92. The topological polar surface area (TPSA) is 43.8 Å². The molecule has 2 rings (SSSR count). The Labute approximate surface area is 84.5 Å². The van der Waals surface area contributed by atoms with Crippen molar-refractivity contribution >= 4 is 6.09 Å². The van der Waals surface area contributed by atoms with Gasteiger partial charge in [-0.05, 0) is 25.7 Å². The molecule has 1 saturated carbocycles. The fourth-order valence-corrected chi connectivity index (χ4v) is 2.07. The van der Waals surface area contributed by atoms with Gasteiger partial charge in [-0.2, -0.15) is 0 Å². The van der Waals surface area contributed by atoms with Gasteiger partial charge in [0, 0.05) is 32.2 Å². The summed E-state index contributed by atoms with van der Waals surface area (Å²) in [4.78, 5) is 14.7. The van der Waals surface area contributed by atoms with Crippen molar-refractivity contribution in [1.82, 2.24) is 9.80 Å². The lowest BCUT2D eigenvalue weighted by atomic mass is 10.2. The molecular formula is C10H18N2O2. The van der Waals surface area contributed by atoms with E-state index in [9.17, 15) is 4.79 Å². The van der Waals surface area contributed by atoms with Crippen LogP contribution in [0.2, 0.25) is 0 Å². The lowest BCUT2D eigenvalue weighted by Gasteiger charge is -2.38. The van der Waals surface area contributed by atoms with Gasteiger partial charge in [-0.25, -0.2) is 4.79 Å². The minimum Gasteiger partial charge on any atom is -0.465 e. The Kier molecular flexibility index (Phi) is 2.63. The van der Waals surface area contributed by atoms with Gasteiger partial charge in [0.25, 0.3) is 0 Å². The summed E-state index contributed by atoms with van der Waals surface area (Å²) in [5.41, 5.74) is 0. The van der Waals surface area contributed by atoms with E-state index in [1.807, 2.05) is 0 Å². The highest BCUT2D eigenvalue weighted by Crippen LogP contribution is 2.30. The Bertz CT molecular complexity index is 228. The summed E-state index contributed by atoms with van der Waals surface area (Å²) in [6.07, 6.45) is 1.96. The van der Waals surface area contributed by atoms with Gasteiger partial charge in [-0.15, -0.1) is 0 Å². The summed E-state index contributed by atoms with van der Waals surface area (Å²) in [6.45, 7) is 5.55. The largest absolute Gasteiger partial charge is 0.465 e. The number of piperazine rings is 1. The first kappa shape index (κ1) is 9.77. The summed E-state index contributed by atoms with van der Waals surface area (Å²) >= 11 is 0. The van der Waals surface area contributed by atoms with Crippen LogP contribution in [0.4, 0.5) is 4.79 Å². The molecule has 0 aromatic carbocycles. The molecule has 0 aromatic heterocycles. The minimum absolute atomic E-state index is 0.389. The normalized spacial score (nSPS) is 29.2. The third kappa shape index (κ3) is 2.18. The maximum absolute atomic E-state index is 10.7. The molecular weight excluding hydrogens is 180 g/mol. The lowest BCUT2D eigenvalue weighted by molar-refractivity contribution is 0.0728. The third-order valence-corrected chi connectivity index (χ3v) is 3.23. The van der Waals surface area contributed by atoms with Crippen molar-refractivity contribution in [3.63, 3.8) is 0 Å². The van der Waals surface area contributed by atoms with E-state index in [0.29, 0.717) is 19.1 Å². The smallest absolute Gasteiger partial charge is 0.407 e. The molecule has 14 heavy (non-hydrogen) atoms. The van der Waals surface area contributed by atoms with Gasteiger partial charge in [0.05, 0.1) is 0 Å². The number of amides is 1. The monoisotopic (exact) mass is 198 g/mol. The number of carboxylic acid groups (broad SMARTS) is 1. The maximum atomic E-state index is 10.7. The van der Waals surface area contributed by atoms with Crippen molar-refractivity contribution < 1.29 is 9.90 Å². The van der Waals surface area contributed by atoms with Gasteiger partial charge in [0.15, 0.2) is 0 Å². The van der Waals surface area contributed by atoms with Crippen LogP contribution in [-0.2, 0) is 0 Å². The fourth-order valence-electron chi connectivity index (χ4n) is 2.07. The summed E-state index contributed by atoms with van der Waals surface area (Å²) in [5.74, 6) is 0.897. The van der Waals surface area contributed by atoms with Gasteiger partial charge in [-0.3, -0.25) is 4.90 Å². The van der Waals surface area contributed by atoms with Crippen molar-refractivity contribution in [2.75, 3.05) is 26.2 Å². The molecule has 1 heterocycles. The first-order chi connectivity index (χ1) is 6.66. The van der Waals surface area contributed by atoms with Crippen molar-refractivity contribution in [3.05, 3.63) is 0 Å². The Hall–Kier alpha value is -0.770. The van der Waals surface area contributed by atoms with E-state index in [1.54, 1.807) is 0 Å². The van der Waals surface area contributed by atoms with E-state index >= 15 is 0 Å². The number of carbonyl (C=O) groups is 1. The van der Waals surface area contributed by atoms with Crippen LogP contribution in [0, 0.1) is 5.92 Å². The molecule has 1 aliphatic heterocycles. The highest BCUT2D eigenvalue weighted by Gasteiger charge is 2.31. The van der Waals surface area contributed by atoms with Crippen LogP contribution in [-0.4, -0.2) is 53.2 Å². The molecule has 0 spiro atoms. The van der Waals surface area contributed by atoms with Crippen LogP contribution < -0.4 is 0 Å². The quantitative estimate of drug-likeness (QED) is 0.722. The maximum Gasteiger partial charge on any atom is 0.407 e. The molecule has 1 saturated heterocycles. The SMILES string of the molecule is CC1CN(C(=O)O)CCN1CC1CC1.